The molecule has 0 fully saturated rings. The van der Waals surface area contributed by atoms with Crippen LogP contribution >= 0.6 is 0 Å². The van der Waals surface area contributed by atoms with Gasteiger partial charge in [-0.05, 0) is 76.6 Å². The molecule has 0 radical (unpaired) electrons. The monoisotopic (exact) mass is 519 g/mol. The molecule has 0 spiro atoms. The molecule has 39 heavy (non-hydrogen) atoms. The molecule has 198 valence electrons. The Kier molecular flexibility index (Phi) is 6.06. The van der Waals surface area contributed by atoms with Crippen LogP contribution in [0.15, 0.2) is 72.9 Å². The number of hydrogen-bond acceptors (Lipinski definition) is 5. The fourth-order valence-corrected chi connectivity index (χ4v) is 6.07. The van der Waals surface area contributed by atoms with Gasteiger partial charge in [0, 0.05) is 53.2 Å². The van der Waals surface area contributed by atoms with Crippen molar-refractivity contribution in [2.24, 2.45) is 0 Å². The molecule has 0 N–H and O–H groups in total. The normalized spacial score (nSPS) is 16.5. The number of rotatable bonds is 7. The van der Waals surface area contributed by atoms with Crippen LogP contribution < -0.4 is 9.64 Å². The lowest BCUT2D eigenvalue weighted by molar-refractivity contribution is 0.0239. The first-order chi connectivity index (χ1) is 18.9. The van der Waals surface area contributed by atoms with E-state index in [9.17, 15) is 4.79 Å². The number of para-hydroxylation sites is 1. The number of hydrogen-bond donors (Lipinski definition) is 0. The van der Waals surface area contributed by atoms with Crippen molar-refractivity contribution in [3.8, 4) is 5.75 Å². The maximum Gasteiger partial charge on any atom is 0.341 e. The summed E-state index contributed by atoms with van der Waals surface area (Å²) in [4.78, 5) is 21.2. The summed E-state index contributed by atoms with van der Waals surface area (Å²) in [5.74, 6) is 0.302. The molecule has 0 saturated carbocycles. The zero-order valence-corrected chi connectivity index (χ0v) is 23.1. The molecule has 0 bridgehead atoms. The molecule has 1 unspecified atom stereocenters. The minimum atomic E-state index is -1.28. The predicted octanol–water partition coefficient (Wildman–Crippen LogP) is 6.81. The van der Waals surface area contributed by atoms with E-state index in [1.807, 2.05) is 55.6 Å². The molecule has 0 aliphatic carbocycles. The van der Waals surface area contributed by atoms with Crippen molar-refractivity contribution in [2.75, 3.05) is 24.6 Å². The average Bonchev–Trinajstić information content (AvgIpc) is 3.38. The van der Waals surface area contributed by atoms with Crippen LogP contribution in [0, 0.1) is 13.8 Å². The molecule has 1 atom stereocenters. The number of carbonyl (C=O) groups is 1. The van der Waals surface area contributed by atoms with Crippen molar-refractivity contribution in [2.45, 2.75) is 40.2 Å². The Morgan fingerprint density at radius 1 is 0.974 bits per heavy atom. The van der Waals surface area contributed by atoms with Crippen LogP contribution in [0.25, 0.3) is 16.4 Å². The van der Waals surface area contributed by atoms with Gasteiger partial charge in [0.05, 0.1) is 23.2 Å². The first kappa shape index (κ1) is 25.0. The van der Waals surface area contributed by atoms with Gasteiger partial charge in [0.25, 0.3) is 0 Å². The Bertz CT molecular complexity index is 1730. The molecule has 6 rings (SSSR count). The Morgan fingerprint density at radius 2 is 1.74 bits per heavy atom. The van der Waals surface area contributed by atoms with E-state index in [0.29, 0.717) is 23.6 Å². The molecule has 6 heteroatoms. The molecule has 1 aliphatic rings. The summed E-state index contributed by atoms with van der Waals surface area (Å²) in [5.41, 5.74) is 6.46. The number of esters is 1. The van der Waals surface area contributed by atoms with Crippen LogP contribution in [-0.4, -0.2) is 35.1 Å². The lowest BCUT2D eigenvalue weighted by Gasteiger charge is -2.32. The number of carbonyl (C=O) groups excluding carboxylic acids is 1. The first-order valence-corrected chi connectivity index (χ1v) is 13.7. The van der Waals surface area contributed by atoms with Crippen molar-refractivity contribution in [3.05, 3.63) is 107 Å². The van der Waals surface area contributed by atoms with E-state index in [2.05, 4.69) is 61.3 Å². The Labute approximate surface area is 228 Å². The highest BCUT2D eigenvalue weighted by Crippen LogP contribution is 2.53. The summed E-state index contributed by atoms with van der Waals surface area (Å²) in [7, 11) is 0. The third-order valence-electron chi connectivity index (χ3n) is 8.04. The summed E-state index contributed by atoms with van der Waals surface area (Å²) in [6.45, 7) is 12.7. The second kappa shape index (κ2) is 9.45. The average molecular weight is 520 g/mol. The third kappa shape index (κ3) is 3.62. The van der Waals surface area contributed by atoms with E-state index in [1.165, 1.54) is 0 Å². The highest BCUT2D eigenvalue weighted by atomic mass is 16.6. The minimum Gasteiger partial charge on any atom is -0.493 e. The molecule has 1 aliphatic heterocycles. The summed E-state index contributed by atoms with van der Waals surface area (Å²) in [6.07, 6.45) is 2.05. The van der Waals surface area contributed by atoms with Crippen molar-refractivity contribution < 1.29 is 14.3 Å². The number of nitrogens with zero attached hydrogens (tertiary/aromatic N) is 3. The molecule has 0 saturated heterocycles. The number of ether oxygens (including phenoxy) is 2. The van der Waals surface area contributed by atoms with E-state index in [0.717, 1.165) is 57.6 Å². The third-order valence-corrected chi connectivity index (χ3v) is 8.04. The zero-order chi connectivity index (χ0) is 27.3. The number of benzene rings is 2. The predicted molar refractivity (Wildman–Crippen MR) is 155 cm³/mol. The maximum absolute atomic E-state index is 13.7. The number of aromatic nitrogens is 2. The van der Waals surface area contributed by atoms with Gasteiger partial charge in [-0.1, -0.05) is 24.3 Å². The van der Waals surface area contributed by atoms with E-state index in [-0.39, 0.29) is 5.97 Å². The molecule has 0 amide bonds. The van der Waals surface area contributed by atoms with Gasteiger partial charge in [0.1, 0.15) is 11.4 Å². The molecule has 5 aromatic rings. The van der Waals surface area contributed by atoms with Crippen LogP contribution in [-0.2, 0) is 10.3 Å². The SMILES string of the molecule is CCOc1cc(N(CC)CC)ccc1C1(c2c(C)c(C)n3ccccc23)OC(=O)c2cc3ccccc3nc21. The van der Waals surface area contributed by atoms with E-state index in [1.54, 1.807) is 0 Å². The molecule has 6 nitrogen and oxygen atoms in total. The van der Waals surface area contributed by atoms with Crippen LogP contribution in [0.4, 0.5) is 5.69 Å². The van der Waals surface area contributed by atoms with Crippen molar-refractivity contribution in [1.82, 2.24) is 9.38 Å². The van der Waals surface area contributed by atoms with Gasteiger partial charge < -0.3 is 18.8 Å². The fraction of sp³-hybridized carbons (Fsp3) is 0.273. The van der Waals surface area contributed by atoms with Crippen LogP contribution in [0.5, 0.6) is 5.75 Å². The van der Waals surface area contributed by atoms with Crippen molar-refractivity contribution in [3.63, 3.8) is 0 Å². The second-order valence-electron chi connectivity index (χ2n) is 9.98. The number of cyclic esters (lactones) is 1. The lowest BCUT2D eigenvalue weighted by atomic mass is 9.80. The quantitative estimate of drug-likeness (QED) is 0.221. The largest absolute Gasteiger partial charge is 0.493 e. The van der Waals surface area contributed by atoms with Crippen LogP contribution in [0.1, 0.15) is 59.2 Å². The first-order valence-electron chi connectivity index (χ1n) is 13.7. The number of fused-ring (bicyclic) bond motifs is 3. The summed E-state index contributed by atoms with van der Waals surface area (Å²) in [5, 5.41) is 0.903. The molecular weight excluding hydrogens is 486 g/mol. The van der Waals surface area contributed by atoms with Gasteiger partial charge in [0.2, 0.25) is 5.60 Å². The van der Waals surface area contributed by atoms with Crippen molar-refractivity contribution >= 4 is 28.1 Å². The van der Waals surface area contributed by atoms with Gasteiger partial charge >= 0.3 is 5.97 Å². The summed E-state index contributed by atoms with van der Waals surface area (Å²) < 4.78 is 15.1. The van der Waals surface area contributed by atoms with E-state index >= 15 is 0 Å². The van der Waals surface area contributed by atoms with Gasteiger partial charge in [-0.15, -0.1) is 0 Å². The fourth-order valence-electron chi connectivity index (χ4n) is 6.07. The summed E-state index contributed by atoms with van der Waals surface area (Å²) >= 11 is 0. The number of anilines is 1. The highest BCUT2D eigenvalue weighted by molar-refractivity contribution is 6.00. The Balaban J connectivity index is 1.75. The van der Waals surface area contributed by atoms with Gasteiger partial charge in [-0.2, -0.15) is 0 Å². The van der Waals surface area contributed by atoms with E-state index in [4.69, 9.17) is 14.5 Å². The Morgan fingerprint density at radius 3 is 2.51 bits per heavy atom. The summed E-state index contributed by atoms with van der Waals surface area (Å²) in [6, 6.07) is 22.1. The lowest BCUT2D eigenvalue weighted by Crippen LogP contribution is -2.32. The van der Waals surface area contributed by atoms with Gasteiger partial charge in [-0.3, -0.25) is 0 Å². The van der Waals surface area contributed by atoms with Crippen LogP contribution in [0.2, 0.25) is 0 Å². The molecule has 4 heterocycles. The maximum atomic E-state index is 13.7. The number of pyridine rings is 2. The molecular formula is C33H33N3O3. The van der Waals surface area contributed by atoms with Gasteiger partial charge in [0.15, 0.2) is 0 Å². The molecule has 2 aromatic carbocycles. The Hall–Kier alpha value is -4.32. The standard InChI is InChI=1S/C33H33N3O3/c1-6-35(7-2)24-16-17-26(29(20-24)38-8-3)33(30-21(4)22(5)36-18-12-11-15-28(30)36)31-25(32(37)39-33)19-23-13-9-10-14-27(23)34-31/h9-20H,6-8H2,1-5H3. The smallest absolute Gasteiger partial charge is 0.341 e. The van der Waals surface area contributed by atoms with Crippen molar-refractivity contribution in [1.29, 1.82) is 0 Å². The van der Waals surface area contributed by atoms with Gasteiger partial charge in [-0.25, -0.2) is 9.78 Å². The zero-order valence-electron chi connectivity index (χ0n) is 23.1. The van der Waals surface area contributed by atoms with Crippen LogP contribution in [0.3, 0.4) is 0 Å². The second-order valence-corrected chi connectivity index (χ2v) is 9.98. The topological polar surface area (TPSA) is 56.1 Å². The number of aryl methyl sites for hydroxylation is 1. The molecule has 3 aromatic heterocycles. The van der Waals surface area contributed by atoms with E-state index < -0.39 is 5.60 Å². The minimum absolute atomic E-state index is 0.383. The highest BCUT2D eigenvalue weighted by Gasteiger charge is 2.54.